The Morgan fingerprint density at radius 3 is 2.55 bits per heavy atom. The van der Waals surface area contributed by atoms with Gasteiger partial charge in [0, 0.05) is 16.1 Å². The third kappa shape index (κ3) is 5.93. The molecule has 0 unspecified atom stereocenters. The second kappa shape index (κ2) is 10.2. The highest BCUT2D eigenvalue weighted by Crippen LogP contribution is 2.32. The highest BCUT2D eigenvalue weighted by molar-refractivity contribution is 9.10. The fourth-order valence-corrected chi connectivity index (χ4v) is 4.18. The Kier molecular flexibility index (Phi) is 7.41. The molecule has 1 N–H and O–H groups in total. The molecule has 0 radical (unpaired) electrons. The molecule has 0 bridgehead atoms. The number of halogens is 1. The molecule has 0 saturated heterocycles. The molecule has 170 valence electrons. The van der Waals surface area contributed by atoms with Crippen LogP contribution in [0.3, 0.4) is 0 Å². The summed E-state index contributed by atoms with van der Waals surface area (Å²) in [6.45, 7) is 0. The van der Waals surface area contributed by atoms with Crippen LogP contribution >= 0.6 is 15.9 Å². The van der Waals surface area contributed by atoms with Crippen LogP contribution in [0.2, 0.25) is 0 Å². The summed E-state index contributed by atoms with van der Waals surface area (Å²) >= 11 is 3.28. The Labute approximate surface area is 197 Å². The van der Waals surface area contributed by atoms with E-state index < -0.39 is 31.5 Å². The Bertz CT molecular complexity index is 1340. The first-order valence-electron chi connectivity index (χ1n) is 9.16. The third-order valence-electron chi connectivity index (χ3n) is 4.18. The molecular weight excluding hydrogens is 518 g/mol. The second-order valence-corrected chi connectivity index (χ2v) is 8.81. The van der Waals surface area contributed by atoms with E-state index in [1.165, 1.54) is 43.7 Å². The van der Waals surface area contributed by atoms with Crippen molar-refractivity contribution in [2.45, 2.75) is 4.90 Å². The summed E-state index contributed by atoms with van der Waals surface area (Å²) in [6, 6.07) is 15.8. The van der Waals surface area contributed by atoms with Gasteiger partial charge in [-0.3, -0.25) is 14.9 Å². The van der Waals surface area contributed by atoms with E-state index in [9.17, 15) is 23.3 Å². The maximum atomic E-state index is 12.6. The van der Waals surface area contributed by atoms with Crippen molar-refractivity contribution in [1.82, 2.24) is 5.43 Å². The van der Waals surface area contributed by atoms with Gasteiger partial charge < -0.3 is 8.92 Å². The number of nitrogens with zero attached hydrogens (tertiary/aromatic N) is 2. The lowest BCUT2D eigenvalue weighted by Gasteiger charge is -2.11. The molecular formula is C21H16BrN3O7S. The topological polar surface area (TPSA) is 137 Å². The number of para-hydroxylation sites is 1. The van der Waals surface area contributed by atoms with Gasteiger partial charge in [-0.25, -0.2) is 5.43 Å². The minimum atomic E-state index is -4.51. The summed E-state index contributed by atoms with van der Waals surface area (Å²) in [6.07, 6.45) is 1.33. The van der Waals surface area contributed by atoms with Crippen molar-refractivity contribution in [3.05, 3.63) is 92.4 Å². The van der Waals surface area contributed by atoms with Gasteiger partial charge in [0.1, 0.15) is 0 Å². The molecule has 33 heavy (non-hydrogen) atoms. The SMILES string of the molecule is COc1cc(/C=N\NC(=O)c2cccc(Br)c2)ccc1OS(=O)(=O)c1ccccc1[N+](=O)[O-]. The van der Waals surface area contributed by atoms with Crippen LogP contribution < -0.4 is 14.3 Å². The molecule has 0 aliphatic rings. The first kappa shape index (κ1) is 23.9. The van der Waals surface area contributed by atoms with Crippen LogP contribution in [0, 0.1) is 10.1 Å². The first-order valence-corrected chi connectivity index (χ1v) is 11.4. The molecule has 0 atom stereocenters. The molecule has 10 nitrogen and oxygen atoms in total. The number of hydrazone groups is 1. The van der Waals surface area contributed by atoms with Crippen molar-refractivity contribution in [3.63, 3.8) is 0 Å². The van der Waals surface area contributed by atoms with E-state index in [4.69, 9.17) is 8.92 Å². The highest BCUT2D eigenvalue weighted by Gasteiger charge is 2.28. The second-order valence-electron chi connectivity index (χ2n) is 6.38. The number of ether oxygens (including phenoxy) is 1. The Morgan fingerprint density at radius 1 is 1.09 bits per heavy atom. The van der Waals surface area contributed by atoms with Crippen molar-refractivity contribution in [2.75, 3.05) is 7.11 Å². The van der Waals surface area contributed by atoms with Gasteiger partial charge in [0.05, 0.1) is 18.2 Å². The fraction of sp³-hybridized carbons (Fsp3) is 0.0476. The predicted molar refractivity (Wildman–Crippen MR) is 123 cm³/mol. The standard InChI is InChI=1S/C21H16BrN3O7S/c1-31-19-11-14(13-23-24-21(26)15-5-4-6-16(22)12-15)9-10-18(19)32-33(29,30)20-8-3-2-7-17(20)25(27)28/h2-13H,1H3,(H,24,26)/b23-13-. The normalized spacial score (nSPS) is 11.2. The largest absolute Gasteiger partial charge is 0.493 e. The summed E-state index contributed by atoms with van der Waals surface area (Å²) in [5, 5.41) is 15.0. The lowest BCUT2D eigenvalue weighted by atomic mass is 10.2. The Hall–Kier alpha value is -3.77. The first-order chi connectivity index (χ1) is 15.7. The zero-order chi connectivity index (χ0) is 24.0. The average molecular weight is 534 g/mol. The minimum absolute atomic E-state index is 0.0411. The zero-order valence-electron chi connectivity index (χ0n) is 17.0. The summed E-state index contributed by atoms with van der Waals surface area (Å²) < 4.78 is 36.3. The average Bonchev–Trinajstić information content (AvgIpc) is 2.79. The lowest BCUT2D eigenvalue weighted by molar-refractivity contribution is -0.387. The summed E-state index contributed by atoms with van der Waals surface area (Å²) in [5.41, 5.74) is 2.65. The molecule has 3 aromatic carbocycles. The maximum Gasteiger partial charge on any atom is 0.346 e. The predicted octanol–water partition coefficient (Wildman–Crippen LogP) is 3.90. The number of nitro benzene ring substituents is 1. The number of nitrogens with one attached hydrogen (secondary N) is 1. The molecule has 0 aliphatic carbocycles. The number of methoxy groups -OCH3 is 1. The van der Waals surface area contributed by atoms with Crippen LogP contribution in [0.5, 0.6) is 11.5 Å². The van der Waals surface area contributed by atoms with Gasteiger partial charge in [0.15, 0.2) is 16.4 Å². The quantitative estimate of drug-likeness (QED) is 0.200. The van der Waals surface area contributed by atoms with Gasteiger partial charge in [-0.1, -0.05) is 34.1 Å². The van der Waals surface area contributed by atoms with Crippen LogP contribution in [0.15, 0.2) is 81.2 Å². The molecule has 0 spiro atoms. The molecule has 0 aromatic heterocycles. The van der Waals surface area contributed by atoms with Crippen LogP contribution in [0.1, 0.15) is 15.9 Å². The smallest absolute Gasteiger partial charge is 0.346 e. The number of carbonyl (C=O) groups excluding carboxylic acids is 1. The Balaban J connectivity index is 1.78. The highest BCUT2D eigenvalue weighted by atomic mass is 79.9. The monoisotopic (exact) mass is 533 g/mol. The molecule has 0 fully saturated rings. The summed E-state index contributed by atoms with van der Waals surface area (Å²) in [5.74, 6) is -0.555. The molecule has 0 saturated carbocycles. The van der Waals surface area contributed by atoms with Gasteiger partial charge in [-0.15, -0.1) is 0 Å². The van der Waals surface area contributed by atoms with E-state index in [0.717, 1.165) is 16.6 Å². The van der Waals surface area contributed by atoms with Gasteiger partial charge in [0.25, 0.3) is 11.6 Å². The maximum absolute atomic E-state index is 12.6. The molecule has 0 heterocycles. The van der Waals surface area contributed by atoms with E-state index in [2.05, 4.69) is 26.5 Å². The third-order valence-corrected chi connectivity index (χ3v) is 5.96. The number of carbonyl (C=O) groups is 1. The van der Waals surface area contributed by atoms with Crippen LogP contribution in [-0.2, 0) is 10.1 Å². The van der Waals surface area contributed by atoms with Crippen molar-refractivity contribution in [1.29, 1.82) is 0 Å². The van der Waals surface area contributed by atoms with Gasteiger partial charge in [0.2, 0.25) is 0 Å². The van der Waals surface area contributed by atoms with Crippen LogP contribution in [0.25, 0.3) is 0 Å². The fourth-order valence-electron chi connectivity index (χ4n) is 2.68. The van der Waals surface area contributed by atoms with E-state index in [0.29, 0.717) is 11.1 Å². The molecule has 3 rings (SSSR count). The van der Waals surface area contributed by atoms with Gasteiger partial charge in [-0.2, -0.15) is 13.5 Å². The lowest BCUT2D eigenvalue weighted by Crippen LogP contribution is -2.17. The number of nitro groups is 1. The van der Waals surface area contributed by atoms with Crippen molar-refractivity contribution >= 4 is 43.9 Å². The zero-order valence-corrected chi connectivity index (χ0v) is 19.4. The number of benzene rings is 3. The minimum Gasteiger partial charge on any atom is -0.493 e. The number of amides is 1. The van der Waals surface area contributed by atoms with Crippen molar-refractivity contribution in [3.8, 4) is 11.5 Å². The molecule has 3 aromatic rings. The van der Waals surface area contributed by atoms with Crippen molar-refractivity contribution in [2.24, 2.45) is 5.10 Å². The van der Waals surface area contributed by atoms with E-state index in [-0.39, 0.29) is 11.5 Å². The number of hydrogen-bond acceptors (Lipinski definition) is 8. The molecule has 12 heteroatoms. The number of hydrogen-bond donors (Lipinski definition) is 1. The summed E-state index contributed by atoms with van der Waals surface area (Å²) in [4.78, 5) is 21.9. The van der Waals surface area contributed by atoms with Gasteiger partial charge in [-0.05, 0) is 48.0 Å². The van der Waals surface area contributed by atoms with E-state index in [1.807, 2.05) is 0 Å². The number of rotatable bonds is 8. The molecule has 1 amide bonds. The van der Waals surface area contributed by atoms with Gasteiger partial charge >= 0.3 is 10.1 Å². The van der Waals surface area contributed by atoms with Crippen molar-refractivity contribution < 1.29 is 27.1 Å². The van der Waals surface area contributed by atoms with Crippen LogP contribution in [0.4, 0.5) is 5.69 Å². The van der Waals surface area contributed by atoms with Crippen LogP contribution in [-0.4, -0.2) is 32.6 Å². The Morgan fingerprint density at radius 2 is 1.85 bits per heavy atom. The summed E-state index contributed by atoms with van der Waals surface area (Å²) in [7, 11) is -3.21. The molecule has 0 aliphatic heterocycles. The van der Waals surface area contributed by atoms with E-state index >= 15 is 0 Å². The van der Waals surface area contributed by atoms with E-state index in [1.54, 1.807) is 24.3 Å².